The third kappa shape index (κ3) is 5.54. The zero-order valence-electron chi connectivity index (χ0n) is 24.0. The van der Waals surface area contributed by atoms with E-state index in [-0.39, 0.29) is 24.0 Å². The Labute approximate surface area is 246 Å². The minimum atomic E-state index is -4.48. The van der Waals surface area contributed by atoms with E-state index in [0.717, 1.165) is 4.68 Å². The highest BCUT2D eigenvalue weighted by molar-refractivity contribution is 6.01. The third-order valence-corrected chi connectivity index (χ3v) is 7.52. The molecule has 2 N–H and O–H groups in total. The first-order valence-electron chi connectivity index (χ1n) is 13.6. The van der Waals surface area contributed by atoms with Gasteiger partial charge in [-0.3, -0.25) is 4.98 Å². The zero-order valence-corrected chi connectivity index (χ0v) is 24.0. The first kappa shape index (κ1) is 29.3. The van der Waals surface area contributed by atoms with E-state index in [1.807, 2.05) is 20.8 Å². The van der Waals surface area contributed by atoms with Crippen LogP contribution in [0.25, 0.3) is 10.9 Å². The van der Waals surface area contributed by atoms with Crippen molar-refractivity contribution >= 4 is 22.3 Å². The molecule has 0 bridgehead atoms. The second kappa shape index (κ2) is 10.6. The molecule has 0 amide bonds. The Balaban J connectivity index is 1.67. The number of rotatable bonds is 7. The summed E-state index contributed by atoms with van der Waals surface area (Å²) in [7, 11) is 0. The van der Waals surface area contributed by atoms with Crippen LogP contribution in [-0.4, -0.2) is 32.7 Å². The van der Waals surface area contributed by atoms with Crippen molar-refractivity contribution < 1.29 is 13.2 Å². The normalized spacial score (nSPS) is 14.8. The lowest BCUT2D eigenvalue weighted by atomic mass is 9.95. The molecule has 5 rings (SSSR count). The number of hydrogen-bond acceptors (Lipinski definition) is 8. The fraction of sp³-hybridized carbons (Fsp3) is 0.355. The number of pyridine rings is 1. The van der Waals surface area contributed by atoms with Gasteiger partial charge < -0.3 is 10.6 Å². The molecule has 1 saturated carbocycles. The van der Waals surface area contributed by atoms with Crippen LogP contribution in [-0.2, 0) is 5.54 Å². The molecule has 1 aliphatic rings. The van der Waals surface area contributed by atoms with Crippen molar-refractivity contribution in [3.8, 4) is 18.2 Å². The van der Waals surface area contributed by atoms with Crippen LogP contribution < -0.4 is 10.6 Å². The van der Waals surface area contributed by atoms with Crippen LogP contribution >= 0.6 is 0 Å². The van der Waals surface area contributed by atoms with Gasteiger partial charge in [0, 0.05) is 18.1 Å². The van der Waals surface area contributed by atoms with Crippen molar-refractivity contribution in [2.45, 2.75) is 58.3 Å². The number of fused-ring (bicyclic) bond motifs is 1. The van der Waals surface area contributed by atoms with Crippen LogP contribution in [0.1, 0.15) is 73.2 Å². The smallest absolute Gasteiger partial charge is 0.383 e. The number of benzene rings is 2. The molecule has 0 radical (unpaired) electrons. The number of nitrogens with zero attached hydrogens (tertiary/aromatic N) is 7. The van der Waals surface area contributed by atoms with Gasteiger partial charge in [0.1, 0.15) is 11.8 Å². The largest absolute Gasteiger partial charge is 0.413 e. The van der Waals surface area contributed by atoms with E-state index in [4.69, 9.17) is 0 Å². The fourth-order valence-electron chi connectivity index (χ4n) is 5.02. The number of aromatic nitrogens is 4. The Bertz CT molecular complexity index is 1840. The van der Waals surface area contributed by atoms with Crippen molar-refractivity contribution in [1.29, 1.82) is 15.8 Å². The highest BCUT2D eigenvalue weighted by Crippen LogP contribution is 2.55. The van der Waals surface area contributed by atoms with Crippen molar-refractivity contribution in [3.05, 3.63) is 76.2 Å². The van der Waals surface area contributed by atoms with Gasteiger partial charge in [0.05, 0.1) is 58.0 Å². The van der Waals surface area contributed by atoms with Crippen molar-refractivity contribution in [1.82, 2.24) is 20.0 Å². The Morgan fingerprint density at radius 3 is 2.33 bits per heavy atom. The Morgan fingerprint density at radius 1 is 1.02 bits per heavy atom. The number of alkyl halides is 3. The Morgan fingerprint density at radius 2 is 1.74 bits per heavy atom. The van der Waals surface area contributed by atoms with E-state index in [0.29, 0.717) is 56.6 Å². The van der Waals surface area contributed by atoms with E-state index in [2.05, 4.69) is 44.1 Å². The van der Waals surface area contributed by atoms with E-state index in [1.165, 1.54) is 12.4 Å². The van der Waals surface area contributed by atoms with Crippen LogP contribution in [0.3, 0.4) is 0 Å². The van der Waals surface area contributed by atoms with Crippen LogP contribution in [0.15, 0.2) is 42.7 Å². The minimum absolute atomic E-state index is 0.0857. The van der Waals surface area contributed by atoms with Gasteiger partial charge in [0.2, 0.25) is 0 Å². The molecule has 12 heteroatoms. The molecule has 43 heavy (non-hydrogen) atoms. The predicted molar refractivity (Wildman–Crippen MR) is 154 cm³/mol. The molecule has 0 aliphatic heterocycles. The van der Waals surface area contributed by atoms with Crippen molar-refractivity contribution in [2.75, 3.05) is 17.2 Å². The number of halogens is 3. The van der Waals surface area contributed by atoms with E-state index < -0.39 is 17.8 Å². The van der Waals surface area contributed by atoms with Crippen LogP contribution in [0.2, 0.25) is 0 Å². The lowest BCUT2D eigenvalue weighted by molar-refractivity contribution is -0.182. The summed E-state index contributed by atoms with van der Waals surface area (Å²) in [5, 5.41) is 44.4. The molecule has 0 unspecified atom stereocenters. The molecular formula is C31H28F3N9. The SMILES string of the molecule is Cc1cc(C#N)ccc1[C@H](Nc1cc(C#N)cc2c(NCC(C)(C)C)c(C#N)cnc12)c1cn(C2(C(F)(F)F)CC2)nn1. The lowest BCUT2D eigenvalue weighted by Gasteiger charge is -2.23. The maximum absolute atomic E-state index is 13.9. The molecule has 1 fully saturated rings. The van der Waals surface area contributed by atoms with Gasteiger partial charge in [0.25, 0.3) is 0 Å². The molecule has 2 heterocycles. The molecule has 0 saturated heterocycles. The quantitative estimate of drug-likeness (QED) is 0.253. The number of nitrogens with one attached hydrogen (secondary N) is 2. The molecular weight excluding hydrogens is 555 g/mol. The van der Waals surface area contributed by atoms with Gasteiger partial charge in [-0.15, -0.1) is 5.10 Å². The average Bonchev–Trinajstić information content (AvgIpc) is 3.65. The first-order chi connectivity index (χ1) is 20.3. The van der Waals surface area contributed by atoms with Gasteiger partial charge in [0.15, 0.2) is 5.54 Å². The highest BCUT2D eigenvalue weighted by atomic mass is 19.4. The summed E-state index contributed by atoms with van der Waals surface area (Å²) in [6.07, 6.45) is -1.91. The first-order valence-corrected chi connectivity index (χ1v) is 13.6. The van der Waals surface area contributed by atoms with Gasteiger partial charge in [-0.25, -0.2) is 4.68 Å². The highest BCUT2D eigenvalue weighted by Gasteiger charge is 2.66. The molecule has 218 valence electrons. The third-order valence-electron chi connectivity index (χ3n) is 7.52. The standard InChI is InChI=1S/C31H28F3N9/c1-18-9-19(12-35)5-6-22(18)28(25-16-43(42-41-25)30(7-8-30)31(32,33)34)40-24-11-20(13-36)10-23-26(39-17-29(2,3)4)21(14-37)15-38-27(23)24/h5-6,9-11,15-16,28,40H,7-8,17H2,1-4H3,(H,38,39)/t28-/m0/s1. The molecule has 4 aromatic rings. The topological polar surface area (TPSA) is 139 Å². The van der Waals surface area contributed by atoms with Crippen molar-refractivity contribution in [3.63, 3.8) is 0 Å². The number of nitriles is 3. The summed E-state index contributed by atoms with van der Waals surface area (Å²) in [4.78, 5) is 4.54. The van der Waals surface area contributed by atoms with Crippen molar-refractivity contribution in [2.24, 2.45) is 5.41 Å². The van der Waals surface area contributed by atoms with E-state index in [9.17, 15) is 29.0 Å². The molecule has 0 spiro atoms. The lowest BCUT2D eigenvalue weighted by Crippen LogP contribution is -2.35. The van der Waals surface area contributed by atoms with Crippen LogP contribution in [0.4, 0.5) is 24.5 Å². The predicted octanol–water partition coefficient (Wildman–Crippen LogP) is 6.46. The summed E-state index contributed by atoms with van der Waals surface area (Å²) >= 11 is 0. The molecule has 9 nitrogen and oxygen atoms in total. The summed E-state index contributed by atoms with van der Waals surface area (Å²) < 4.78 is 42.6. The average molecular weight is 584 g/mol. The summed E-state index contributed by atoms with van der Waals surface area (Å²) in [5.41, 5.74) is 1.79. The summed E-state index contributed by atoms with van der Waals surface area (Å²) in [6.45, 7) is 8.47. The Hall–Kier alpha value is -5.15. The summed E-state index contributed by atoms with van der Waals surface area (Å²) in [5.74, 6) is 0. The molecule has 2 aromatic carbocycles. The van der Waals surface area contributed by atoms with Gasteiger partial charge in [-0.2, -0.15) is 29.0 Å². The zero-order chi connectivity index (χ0) is 31.2. The van der Waals surface area contributed by atoms with Gasteiger partial charge in [-0.05, 0) is 60.6 Å². The van der Waals surface area contributed by atoms with Gasteiger partial charge in [-0.1, -0.05) is 32.1 Å². The van der Waals surface area contributed by atoms with Crippen LogP contribution in [0.5, 0.6) is 0 Å². The van der Waals surface area contributed by atoms with Crippen LogP contribution in [0, 0.1) is 46.3 Å². The van der Waals surface area contributed by atoms with Gasteiger partial charge >= 0.3 is 6.18 Å². The Kier molecular flexibility index (Phi) is 7.23. The summed E-state index contributed by atoms with van der Waals surface area (Å²) in [6, 6.07) is 13.9. The number of hydrogen-bond donors (Lipinski definition) is 2. The second-order valence-electron chi connectivity index (χ2n) is 12.0. The maximum Gasteiger partial charge on any atom is 0.413 e. The molecule has 1 atom stereocenters. The van der Waals surface area contributed by atoms with E-state index >= 15 is 0 Å². The minimum Gasteiger partial charge on any atom is -0.383 e. The van der Waals surface area contributed by atoms with E-state index in [1.54, 1.807) is 37.3 Å². The number of anilines is 2. The molecule has 1 aliphatic carbocycles. The second-order valence-corrected chi connectivity index (χ2v) is 12.0. The fourth-order valence-corrected chi connectivity index (χ4v) is 5.02. The molecule has 2 aromatic heterocycles. The maximum atomic E-state index is 13.9. The monoisotopic (exact) mass is 583 g/mol. The number of aryl methyl sites for hydroxylation is 1.